The minimum absolute atomic E-state index is 0.229. The number of fused-ring (bicyclic) bond motifs is 2. The summed E-state index contributed by atoms with van der Waals surface area (Å²) in [6, 6.07) is 11.6. The zero-order chi connectivity index (χ0) is 17.1. The number of rotatable bonds is 4. The topological polar surface area (TPSA) is 89.2 Å². The molecule has 0 amide bonds. The maximum absolute atomic E-state index is 13.8. The van der Waals surface area contributed by atoms with Gasteiger partial charge in [-0.3, -0.25) is 0 Å². The Balaban J connectivity index is 2.20. The molecule has 0 aromatic heterocycles. The Morgan fingerprint density at radius 3 is 2.71 bits per heavy atom. The summed E-state index contributed by atoms with van der Waals surface area (Å²) >= 11 is 0. The quantitative estimate of drug-likeness (QED) is 0.510. The van der Waals surface area contributed by atoms with Crippen LogP contribution in [-0.4, -0.2) is 22.9 Å². The third-order valence-electron chi connectivity index (χ3n) is 4.56. The fourth-order valence-corrected chi connectivity index (χ4v) is 3.47. The lowest BCUT2D eigenvalue weighted by Gasteiger charge is -2.26. The van der Waals surface area contributed by atoms with Gasteiger partial charge in [-0.05, 0) is 58.7 Å². The first kappa shape index (κ1) is 16.5. The maximum Gasteiger partial charge on any atom is 0.123 e. The first-order chi connectivity index (χ1) is 11.6. The summed E-state index contributed by atoms with van der Waals surface area (Å²) in [6.07, 6.45) is -0.100. The van der Waals surface area contributed by atoms with E-state index in [0.29, 0.717) is 12.0 Å². The molecule has 0 radical (unpaired) electrons. The fourth-order valence-electron chi connectivity index (χ4n) is 3.47. The van der Waals surface area contributed by atoms with Crippen LogP contribution in [0.15, 0.2) is 47.6 Å². The third kappa shape index (κ3) is 3.12. The molecule has 3 rings (SSSR count). The summed E-state index contributed by atoms with van der Waals surface area (Å²) in [5.74, 6) is -0.721. The monoisotopic (exact) mass is 327 g/mol. The van der Waals surface area contributed by atoms with Crippen molar-refractivity contribution in [2.24, 2.45) is 5.11 Å². The van der Waals surface area contributed by atoms with Crippen molar-refractivity contribution in [3.8, 4) is 0 Å². The number of benzene rings is 2. The molecule has 2 aromatic carbocycles. The summed E-state index contributed by atoms with van der Waals surface area (Å²) in [7, 11) is 0. The molecule has 0 bridgehead atoms. The van der Waals surface area contributed by atoms with Gasteiger partial charge in [0.1, 0.15) is 5.82 Å². The molecule has 0 saturated carbocycles. The molecule has 124 valence electrons. The van der Waals surface area contributed by atoms with Crippen LogP contribution in [0.1, 0.15) is 40.6 Å². The van der Waals surface area contributed by atoms with Crippen LogP contribution in [0.2, 0.25) is 0 Å². The molecule has 0 saturated heterocycles. The van der Waals surface area contributed by atoms with E-state index in [9.17, 15) is 14.6 Å². The van der Waals surface area contributed by atoms with E-state index in [1.165, 1.54) is 12.1 Å². The third-order valence-corrected chi connectivity index (χ3v) is 4.56. The van der Waals surface area contributed by atoms with Gasteiger partial charge in [0.2, 0.25) is 0 Å². The van der Waals surface area contributed by atoms with Gasteiger partial charge >= 0.3 is 0 Å². The van der Waals surface area contributed by atoms with Gasteiger partial charge in [0.05, 0.1) is 18.8 Å². The average molecular weight is 327 g/mol. The SMILES string of the molecule is [N-]=[N+]=N[C@H]1c2cc(F)ccc2Cc2ccccc2[C@H]1C[C@@H](O)CO. The lowest BCUT2D eigenvalue weighted by molar-refractivity contribution is 0.0797. The zero-order valence-corrected chi connectivity index (χ0v) is 13.0. The minimum atomic E-state index is -0.936. The molecule has 0 spiro atoms. The molecule has 0 heterocycles. The standard InChI is InChI=1S/C18H18FN3O2/c19-13-6-5-12-7-11-3-1-2-4-15(11)17(9-14(24)10-23)18(21-22-20)16(12)8-13/h1-6,8,14,17-18,23-24H,7,9-10H2/t14-,17-,18+/m1/s1. The summed E-state index contributed by atoms with van der Waals surface area (Å²) in [5.41, 5.74) is 12.6. The van der Waals surface area contributed by atoms with E-state index in [1.54, 1.807) is 6.07 Å². The highest BCUT2D eigenvalue weighted by atomic mass is 19.1. The van der Waals surface area contributed by atoms with Crippen molar-refractivity contribution in [2.45, 2.75) is 30.9 Å². The van der Waals surface area contributed by atoms with Gasteiger partial charge in [-0.15, -0.1) is 0 Å². The Hall–Kier alpha value is -2.40. The molecule has 1 aliphatic rings. The van der Waals surface area contributed by atoms with E-state index in [1.807, 2.05) is 24.3 Å². The molecule has 1 aliphatic carbocycles. The summed E-state index contributed by atoms with van der Waals surface area (Å²) in [4.78, 5) is 2.94. The number of aliphatic hydroxyl groups is 2. The Labute approximate surface area is 139 Å². The molecule has 0 fully saturated rings. The van der Waals surface area contributed by atoms with E-state index in [-0.39, 0.29) is 24.8 Å². The summed E-state index contributed by atoms with van der Waals surface area (Å²) < 4.78 is 13.8. The molecule has 0 aliphatic heterocycles. The van der Waals surface area contributed by atoms with Gasteiger partial charge in [0, 0.05) is 4.91 Å². The molecule has 6 heteroatoms. The van der Waals surface area contributed by atoms with Crippen LogP contribution in [-0.2, 0) is 6.42 Å². The van der Waals surface area contributed by atoms with Crippen LogP contribution >= 0.6 is 0 Å². The molecule has 3 atom stereocenters. The van der Waals surface area contributed by atoms with Crippen molar-refractivity contribution >= 4 is 0 Å². The van der Waals surface area contributed by atoms with E-state index in [2.05, 4.69) is 10.0 Å². The van der Waals surface area contributed by atoms with Crippen LogP contribution in [0.3, 0.4) is 0 Å². The second kappa shape index (κ2) is 7.01. The molecular formula is C18H18FN3O2. The highest BCUT2D eigenvalue weighted by Gasteiger charge is 2.32. The van der Waals surface area contributed by atoms with E-state index >= 15 is 0 Å². The van der Waals surface area contributed by atoms with Gasteiger partial charge in [0.25, 0.3) is 0 Å². The summed E-state index contributed by atoms with van der Waals surface area (Å²) in [5, 5.41) is 23.1. The average Bonchev–Trinajstić information content (AvgIpc) is 2.71. The normalized spacial score (nSPS) is 20.3. The first-order valence-electron chi connectivity index (χ1n) is 7.83. The Bertz CT molecular complexity index is 790. The van der Waals surface area contributed by atoms with Gasteiger partial charge in [-0.1, -0.05) is 35.4 Å². The number of hydrogen-bond donors (Lipinski definition) is 2. The van der Waals surface area contributed by atoms with Crippen molar-refractivity contribution < 1.29 is 14.6 Å². The van der Waals surface area contributed by atoms with E-state index in [0.717, 1.165) is 16.7 Å². The predicted octanol–water partition coefficient (Wildman–Crippen LogP) is 3.61. The first-order valence-corrected chi connectivity index (χ1v) is 7.83. The molecule has 2 aromatic rings. The number of nitrogens with zero attached hydrogens (tertiary/aromatic N) is 3. The Morgan fingerprint density at radius 2 is 1.96 bits per heavy atom. The van der Waals surface area contributed by atoms with Crippen LogP contribution in [0.4, 0.5) is 4.39 Å². The second-order valence-electron chi connectivity index (χ2n) is 6.05. The van der Waals surface area contributed by atoms with Crippen molar-refractivity contribution in [3.63, 3.8) is 0 Å². The van der Waals surface area contributed by atoms with Gasteiger partial charge in [-0.25, -0.2) is 4.39 Å². The van der Waals surface area contributed by atoms with Crippen LogP contribution in [0, 0.1) is 5.82 Å². The highest BCUT2D eigenvalue weighted by Crippen LogP contribution is 2.44. The minimum Gasteiger partial charge on any atom is -0.394 e. The number of azide groups is 1. The predicted molar refractivity (Wildman–Crippen MR) is 88.0 cm³/mol. The maximum atomic E-state index is 13.8. The van der Waals surface area contributed by atoms with Crippen LogP contribution in [0.25, 0.3) is 10.4 Å². The Morgan fingerprint density at radius 1 is 1.21 bits per heavy atom. The molecule has 24 heavy (non-hydrogen) atoms. The van der Waals surface area contributed by atoms with Crippen molar-refractivity contribution in [3.05, 3.63) is 81.0 Å². The smallest absolute Gasteiger partial charge is 0.123 e. The molecule has 2 N–H and O–H groups in total. The molecular weight excluding hydrogens is 309 g/mol. The molecule has 5 nitrogen and oxygen atoms in total. The number of aliphatic hydroxyl groups excluding tert-OH is 2. The van der Waals surface area contributed by atoms with E-state index < -0.39 is 12.1 Å². The lowest BCUT2D eigenvalue weighted by atomic mass is 9.83. The molecule has 0 unspecified atom stereocenters. The van der Waals surface area contributed by atoms with Gasteiger partial charge in [0.15, 0.2) is 0 Å². The van der Waals surface area contributed by atoms with E-state index in [4.69, 9.17) is 5.53 Å². The van der Waals surface area contributed by atoms with Gasteiger partial charge in [-0.2, -0.15) is 0 Å². The van der Waals surface area contributed by atoms with Gasteiger partial charge < -0.3 is 10.2 Å². The highest BCUT2D eigenvalue weighted by molar-refractivity contribution is 5.45. The number of hydrogen-bond acceptors (Lipinski definition) is 3. The second-order valence-corrected chi connectivity index (χ2v) is 6.05. The fraction of sp³-hybridized carbons (Fsp3) is 0.333. The van der Waals surface area contributed by atoms with Crippen molar-refractivity contribution in [1.82, 2.24) is 0 Å². The summed E-state index contributed by atoms with van der Waals surface area (Å²) in [6.45, 7) is -0.377. The van der Waals surface area contributed by atoms with Crippen molar-refractivity contribution in [1.29, 1.82) is 0 Å². The Kier molecular flexibility index (Phi) is 4.81. The van der Waals surface area contributed by atoms with Crippen LogP contribution < -0.4 is 0 Å². The zero-order valence-electron chi connectivity index (χ0n) is 13.0. The largest absolute Gasteiger partial charge is 0.394 e. The lowest BCUT2D eigenvalue weighted by Crippen LogP contribution is -2.20. The number of halogens is 1. The van der Waals surface area contributed by atoms with Crippen molar-refractivity contribution in [2.75, 3.05) is 6.61 Å². The van der Waals surface area contributed by atoms with Crippen LogP contribution in [0.5, 0.6) is 0 Å².